The molecule has 0 amide bonds. The van der Waals surface area contributed by atoms with E-state index in [1.54, 1.807) is 24.7 Å². The van der Waals surface area contributed by atoms with Gasteiger partial charge in [-0.05, 0) is 37.0 Å². The fraction of sp³-hybridized carbons (Fsp3) is 0.591. The van der Waals surface area contributed by atoms with Crippen molar-refractivity contribution in [2.75, 3.05) is 13.2 Å². The first-order valence-electron chi connectivity index (χ1n) is 10.3. The SMILES string of the molecule is CCCC1(CCC)COC(CCc2c(Cl)cc(Cl)cc2Cl)(Cn2ccnc2)OC1. The van der Waals surface area contributed by atoms with Gasteiger partial charge in [0.15, 0.2) is 5.79 Å². The summed E-state index contributed by atoms with van der Waals surface area (Å²) in [7, 11) is 0. The average Bonchev–Trinajstić information content (AvgIpc) is 3.17. The smallest absolute Gasteiger partial charge is 0.186 e. The van der Waals surface area contributed by atoms with E-state index in [0.29, 0.717) is 47.7 Å². The molecule has 0 N–H and O–H groups in total. The first kappa shape index (κ1) is 22.9. The van der Waals surface area contributed by atoms with Gasteiger partial charge in [0.1, 0.15) is 0 Å². The predicted octanol–water partition coefficient (Wildman–Crippen LogP) is 6.81. The molecule has 2 aromatic rings. The average molecular weight is 460 g/mol. The molecule has 1 fully saturated rings. The molecule has 0 radical (unpaired) electrons. The molecule has 1 aliphatic heterocycles. The van der Waals surface area contributed by atoms with E-state index in [1.807, 2.05) is 10.8 Å². The number of aromatic nitrogens is 2. The molecule has 0 spiro atoms. The van der Waals surface area contributed by atoms with Crippen LogP contribution in [0.5, 0.6) is 0 Å². The maximum atomic E-state index is 6.50. The fourth-order valence-corrected chi connectivity index (χ4v) is 5.23. The molecule has 0 aliphatic carbocycles. The van der Waals surface area contributed by atoms with Crippen molar-refractivity contribution < 1.29 is 9.47 Å². The second kappa shape index (κ2) is 10.0. The minimum absolute atomic E-state index is 0.0947. The molecule has 7 heteroatoms. The molecule has 0 saturated carbocycles. The van der Waals surface area contributed by atoms with Gasteiger partial charge in [0.2, 0.25) is 0 Å². The minimum Gasteiger partial charge on any atom is -0.347 e. The van der Waals surface area contributed by atoms with Crippen LogP contribution in [-0.4, -0.2) is 28.6 Å². The summed E-state index contributed by atoms with van der Waals surface area (Å²) in [6.07, 6.45) is 11.2. The van der Waals surface area contributed by atoms with E-state index < -0.39 is 5.79 Å². The zero-order valence-electron chi connectivity index (χ0n) is 17.1. The van der Waals surface area contributed by atoms with Crippen molar-refractivity contribution in [3.05, 3.63) is 51.5 Å². The lowest BCUT2D eigenvalue weighted by Gasteiger charge is -2.47. The topological polar surface area (TPSA) is 36.3 Å². The van der Waals surface area contributed by atoms with Crippen molar-refractivity contribution in [1.29, 1.82) is 0 Å². The molecule has 1 saturated heterocycles. The Labute approximate surface area is 188 Å². The van der Waals surface area contributed by atoms with Crippen LogP contribution in [0.4, 0.5) is 0 Å². The van der Waals surface area contributed by atoms with Gasteiger partial charge in [0.25, 0.3) is 0 Å². The van der Waals surface area contributed by atoms with Crippen molar-refractivity contribution in [3.63, 3.8) is 0 Å². The third kappa shape index (κ3) is 5.68. The molecule has 0 atom stereocenters. The Morgan fingerprint density at radius 1 is 1.00 bits per heavy atom. The summed E-state index contributed by atoms with van der Waals surface area (Å²) in [4.78, 5) is 4.16. The number of hydrogen-bond donors (Lipinski definition) is 0. The number of nitrogens with zero attached hydrogens (tertiary/aromatic N) is 2. The molecule has 0 bridgehead atoms. The molecular weight excluding hydrogens is 431 g/mol. The van der Waals surface area contributed by atoms with Crippen LogP contribution in [0.1, 0.15) is 51.5 Å². The maximum absolute atomic E-state index is 6.50. The summed E-state index contributed by atoms with van der Waals surface area (Å²) in [5, 5.41) is 1.68. The summed E-state index contributed by atoms with van der Waals surface area (Å²) < 4.78 is 15.0. The van der Waals surface area contributed by atoms with Crippen LogP contribution >= 0.6 is 34.8 Å². The second-order valence-corrected chi connectivity index (χ2v) is 9.32. The Hall–Kier alpha value is -0.780. The largest absolute Gasteiger partial charge is 0.347 e. The fourth-order valence-electron chi connectivity index (χ4n) is 4.23. The van der Waals surface area contributed by atoms with Gasteiger partial charge >= 0.3 is 0 Å². The van der Waals surface area contributed by atoms with Crippen molar-refractivity contribution in [2.45, 2.75) is 64.7 Å². The monoisotopic (exact) mass is 458 g/mol. The quantitative estimate of drug-likeness (QED) is 0.413. The number of rotatable bonds is 9. The van der Waals surface area contributed by atoms with E-state index in [9.17, 15) is 0 Å². The molecule has 1 aromatic carbocycles. The van der Waals surface area contributed by atoms with Gasteiger partial charge in [-0.1, -0.05) is 61.5 Å². The molecule has 160 valence electrons. The highest BCUT2D eigenvalue weighted by Crippen LogP contribution is 2.41. The standard InChI is InChI=1S/C22H29Cl3N2O2/c1-3-6-21(7-4-2)14-28-22(29-15-21,13-27-10-9-26-16-27)8-5-18-19(24)11-17(23)12-20(18)25/h9-12,16H,3-8,13-15H2,1-2H3. The summed E-state index contributed by atoms with van der Waals surface area (Å²) in [6, 6.07) is 3.45. The highest BCUT2D eigenvalue weighted by molar-refractivity contribution is 6.39. The zero-order valence-corrected chi connectivity index (χ0v) is 19.4. The molecule has 3 rings (SSSR count). The lowest BCUT2D eigenvalue weighted by atomic mass is 9.79. The number of hydrogen-bond acceptors (Lipinski definition) is 3. The van der Waals surface area contributed by atoms with Crippen LogP contribution in [0.25, 0.3) is 0 Å². The van der Waals surface area contributed by atoms with Crippen LogP contribution in [0.15, 0.2) is 30.9 Å². The molecule has 0 unspecified atom stereocenters. The Morgan fingerprint density at radius 3 is 2.14 bits per heavy atom. The molecule has 1 aromatic heterocycles. The van der Waals surface area contributed by atoms with E-state index in [2.05, 4.69) is 18.8 Å². The normalized spacial score (nSPS) is 18.1. The molecule has 4 nitrogen and oxygen atoms in total. The first-order valence-corrected chi connectivity index (χ1v) is 11.4. The Balaban J connectivity index is 1.79. The van der Waals surface area contributed by atoms with Gasteiger partial charge in [-0.15, -0.1) is 0 Å². The third-order valence-electron chi connectivity index (χ3n) is 5.69. The van der Waals surface area contributed by atoms with E-state index in [4.69, 9.17) is 44.3 Å². The second-order valence-electron chi connectivity index (χ2n) is 8.07. The molecule has 2 heterocycles. The number of halogens is 3. The van der Waals surface area contributed by atoms with Gasteiger partial charge in [0.05, 0.1) is 26.1 Å². The lowest BCUT2D eigenvalue weighted by molar-refractivity contribution is -0.314. The van der Waals surface area contributed by atoms with Crippen molar-refractivity contribution in [3.8, 4) is 0 Å². The van der Waals surface area contributed by atoms with Gasteiger partial charge in [-0.25, -0.2) is 4.98 Å². The maximum Gasteiger partial charge on any atom is 0.186 e. The first-order chi connectivity index (χ1) is 13.9. The number of benzene rings is 1. The number of imidazole rings is 1. The van der Waals surface area contributed by atoms with Crippen LogP contribution in [-0.2, 0) is 22.4 Å². The van der Waals surface area contributed by atoms with Crippen molar-refractivity contribution in [2.24, 2.45) is 5.41 Å². The summed E-state index contributed by atoms with van der Waals surface area (Å²) >= 11 is 18.9. The van der Waals surface area contributed by atoms with Gasteiger partial charge < -0.3 is 14.0 Å². The summed E-state index contributed by atoms with van der Waals surface area (Å²) in [6.45, 7) is 6.41. The zero-order chi connectivity index (χ0) is 20.9. The molecular formula is C22H29Cl3N2O2. The van der Waals surface area contributed by atoms with E-state index in [1.165, 1.54) is 0 Å². The minimum atomic E-state index is -0.738. The van der Waals surface area contributed by atoms with E-state index >= 15 is 0 Å². The van der Waals surface area contributed by atoms with Crippen LogP contribution in [0.2, 0.25) is 15.1 Å². The van der Waals surface area contributed by atoms with Crippen molar-refractivity contribution in [1.82, 2.24) is 9.55 Å². The van der Waals surface area contributed by atoms with Gasteiger partial charge in [-0.2, -0.15) is 0 Å². The van der Waals surface area contributed by atoms with Crippen LogP contribution in [0.3, 0.4) is 0 Å². The lowest BCUT2D eigenvalue weighted by Crippen LogP contribution is -2.52. The molecule has 29 heavy (non-hydrogen) atoms. The van der Waals surface area contributed by atoms with Crippen LogP contribution in [0, 0.1) is 5.41 Å². The molecule has 1 aliphatic rings. The summed E-state index contributed by atoms with van der Waals surface area (Å²) in [5.74, 6) is -0.738. The predicted molar refractivity (Wildman–Crippen MR) is 119 cm³/mol. The van der Waals surface area contributed by atoms with E-state index in [-0.39, 0.29) is 5.41 Å². The third-order valence-corrected chi connectivity index (χ3v) is 6.58. The van der Waals surface area contributed by atoms with E-state index in [0.717, 1.165) is 31.2 Å². The highest BCUT2D eigenvalue weighted by Gasteiger charge is 2.44. The van der Waals surface area contributed by atoms with Crippen LogP contribution < -0.4 is 0 Å². The highest BCUT2D eigenvalue weighted by atomic mass is 35.5. The van der Waals surface area contributed by atoms with Gasteiger partial charge in [0, 0.05) is 39.3 Å². The Kier molecular flexibility index (Phi) is 7.91. The Bertz CT molecular complexity index is 756. The number of ether oxygens (including phenoxy) is 2. The Morgan fingerprint density at radius 2 is 1.62 bits per heavy atom. The van der Waals surface area contributed by atoms with Crippen molar-refractivity contribution >= 4 is 34.8 Å². The van der Waals surface area contributed by atoms with Gasteiger partial charge in [-0.3, -0.25) is 0 Å². The summed E-state index contributed by atoms with van der Waals surface area (Å²) in [5.41, 5.74) is 0.964.